The molecule has 2 aromatic carbocycles. The maximum atomic E-state index is 12.2. The van der Waals surface area contributed by atoms with Crippen LogP contribution in [-0.2, 0) is 21.2 Å². The van der Waals surface area contributed by atoms with E-state index in [1.54, 1.807) is 31.5 Å². The van der Waals surface area contributed by atoms with E-state index in [0.29, 0.717) is 5.75 Å². The summed E-state index contributed by atoms with van der Waals surface area (Å²) in [5.41, 5.74) is 6.82. The molecule has 0 aliphatic carbocycles. The number of hydrogen-bond acceptors (Lipinski definition) is 5. The molecule has 0 radical (unpaired) electrons. The Hall–Kier alpha value is -3.43. The number of sulfonamides is 1. The van der Waals surface area contributed by atoms with Crippen molar-refractivity contribution in [3.63, 3.8) is 0 Å². The fourth-order valence-corrected chi connectivity index (χ4v) is 3.80. The van der Waals surface area contributed by atoms with Gasteiger partial charge in [0, 0.05) is 22.6 Å². The molecule has 3 rings (SSSR count). The molecule has 3 N–H and O–H groups in total. The summed E-state index contributed by atoms with van der Waals surface area (Å²) >= 11 is 0. The van der Waals surface area contributed by atoms with Gasteiger partial charge < -0.3 is 9.30 Å². The molecule has 0 saturated heterocycles. The highest BCUT2D eigenvalue weighted by molar-refractivity contribution is 7.89. The number of methoxy groups -OCH3 is 1. The summed E-state index contributed by atoms with van der Waals surface area (Å²) in [6, 6.07) is 15.5. The van der Waals surface area contributed by atoms with E-state index in [1.807, 2.05) is 42.7 Å². The Morgan fingerprint density at radius 3 is 2.52 bits per heavy atom. The van der Waals surface area contributed by atoms with Gasteiger partial charge in [-0.1, -0.05) is 12.1 Å². The lowest BCUT2D eigenvalue weighted by Gasteiger charge is -2.10. The van der Waals surface area contributed by atoms with Crippen LogP contribution in [0.5, 0.6) is 5.75 Å². The standard InChI is InChI=1S/C22H24N4O4S/c1-15-11-18(14-24-25-22(27)13-17-5-4-6-20(12-17)30-3)16(2)26(15)19-7-9-21(10-8-19)31(23,28)29/h4-12,14H,13H2,1-3H3,(H,25,27)(H2,23,28,29)/b24-14+. The highest BCUT2D eigenvalue weighted by Crippen LogP contribution is 2.21. The largest absolute Gasteiger partial charge is 0.497 e. The molecule has 1 heterocycles. The number of primary sulfonamides is 1. The second kappa shape index (κ2) is 9.15. The number of benzene rings is 2. The fourth-order valence-electron chi connectivity index (χ4n) is 3.28. The van der Waals surface area contributed by atoms with E-state index in [1.165, 1.54) is 12.1 Å². The van der Waals surface area contributed by atoms with E-state index in [-0.39, 0.29) is 17.2 Å². The number of amides is 1. The SMILES string of the molecule is COc1cccc(CC(=O)N/N=C/c2cc(C)n(-c3ccc(S(N)(=O)=O)cc3)c2C)c1. The number of rotatable bonds is 7. The number of nitrogens with zero attached hydrogens (tertiary/aromatic N) is 2. The average Bonchev–Trinajstić information content (AvgIpc) is 3.00. The normalized spacial score (nSPS) is 11.6. The number of carbonyl (C=O) groups is 1. The minimum Gasteiger partial charge on any atom is -0.497 e. The first kappa shape index (κ1) is 22.3. The summed E-state index contributed by atoms with van der Waals surface area (Å²) in [5, 5.41) is 9.23. The van der Waals surface area contributed by atoms with Gasteiger partial charge in [-0.15, -0.1) is 0 Å². The minimum atomic E-state index is -3.74. The lowest BCUT2D eigenvalue weighted by Crippen LogP contribution is -2.19. The number of aromatic nitrogens is 1. The van der Waals surface area contributed by atoms with Gasteiger partial charge in [-0.25, -0.2) is 19.0 Å². The summed E-state index contributed by atoms with van der Waals surface area (Å²) in [4.78, 5) is 12.2. The van der Waals surface area contributed by atoms with Gasteiger partial charge in [0.2, 0.25) is 15.9 Å². The summed E-state index contributed by atoms with van der Waals surface area (Å²) in [7, 11) is -2.16. The number of carbonyl (C=O) groups excluding carboxylic acids is 1. The third-order valence-electron chi connectivity index (χ3n) is 4.79. The molecular formula is C22H24N4O4S. The molecule has 1 amide bonds. The van der Waals surface area contributed by atoms with Crippen LogP contribution in [0.3, 0.4) is 0 Å². The molecule has 0 bridgehead atoms. The van der Waals surface area contributed by atoms with Gasteiger partial charge in [-0.3, -0.25) is 4.79 Å². The third kappa shape index (κ3) is 5.39. The number of hydrogen-bond donors (Lipinski definition) is 2. The molecule has 31 heavy (non-hydrogen) atoms. The number of aryl methyl sites for hydroxylation is 1. The van der Waals surface area contributed by atoms with Gasteiger partial charge in [-0.05, 0) is 61.9 Å². The van der Waals surface area contributed by atoms with Crippen molar-refractivity contribution in [2.45, 2.75) is 25.2 Å². The lowest BCUT2D eigenvalue weighted by molar-refractivity contribution is -0.120. The van der Waals surface area contributed by atoms with Gasteiger partial charge in [-0.2, -0.15) is 5.10 Å². The Bertz CT molecular complexity index is 1230. The van der Waals surface area contributed by atoms with Crippen molar-refractivity contribution in [1.29, 1.82) is 0 Å². The van der Waals surface area contributed by atoms with Crippen LogP contribution in [-0.4, -0.2) is 32.2 Å². The summed E-state index contributed by atoms with van der Waals surface area (Å²) in [6.45, 7) is 3.85. The second-order valence-corrected chi connectivity index (χ2v) is 8.58. The van der Waals surface area contributed by atoms with Gasteiger partial charge in [0.15, 0.2) is 0 Å². The van der Waals surface area contributed by atoms with E-state index in [4.69, 9.17) is 9.88 Å². The fraction of sp³-hybridized carbons (Fsp3) is 0.182. The van der Waals surface area contributed by atoms with Crippen molar-refractivity contribution >= 4 is 22.1 Å². The molecule has 9 heteroatoms. The summed E-state index contributed by atoms with van der Waals surface area (Å²) in [5.74, 6) is 0.454. The van der Waals surface area contributed by atoms with Crippen LogP contribution in [0.2, 0.25) is 0 Å². The summed E-state index contributed by atoms with van der Waals surface area (Å²) < 4.78 is 30.0. The van der Waals surface area contributed by atoms with Crippen molar-refractivity contribution in [2.75, 3.05) is 7.11 Å². The zero-order valence-corrected chi connectivity index (χ0v) is 18.3. The second-order valence-electron chi connectivity index (χ2n) is 7.02. The quantitative estimate of drug-likeness (QED) is 0.434. The van der Waals surface area contributed by atoms with E-state index in [2.05, 4.69) is 10.5 Å². The van der Waals surface area contributed by atoms with Crippen molar-refractivity contribution in [3.05, 3.63) is 77.1 Å². The van der Waals surface area contributed by atoms with Gasteiger partial charge in [0.25, 0.3) is 0 Å². The first-order valence-electron chi connectivity index (χ1n) is 9.46. The number of hydrazone groups is 1. The molecule has 0 aliphatic heterocycles. The summed E-state index contributed by atoms with van der Waals surface area (Å²) in [6.07, 6.45) is 1.77. The Balaban J connectivity index is 1.71. The Morgan fingerprint density at radius 2 is 1.87 bits per heavy atom. The zero-order chi connectivity index (χ0) is 22.6. The maximum Gasteiger partial charge on any atom is 0.244 e. The Labute approximate surface area is 181 Å². The van der Waals surface area contributed by atoms with Crippen LogP contribution < -0.4 is 15.3 Å². The van der Waals surface area contributed by atoms with Crippen LogP contribution in [0.4, 0.5) is 0 Å². The molecule has 0 saturated carbocycles. The average molecular weight is 441 g/mol. The van der Waals surface area contributed by atoms with E-state index in [9.17, 15) is 13.2 Å². The van der Waals surface area contributed by atoms with Crippen molar-refractivity contribution in [3.8, 4) is 11.4 Å². The van der Waals surface area contributed by atoms with Gasteiger partial charge >= 0.3 is 0 Å². The van der Waals surface area contributed by atoms with Crippen LogP contribution in [0, 0.1) is 13.8 Å². The molecule has 0 spiro atoms. The molecule has 0 aliphatic rings. The van der Waals surface area contributed by atoms with Gasteiger partial charge in [0.05, 0.1) is 24.6 Å². The van der Waals surface area contributed by atoms with Crippen LogP contribution >= 0.6 is 0 Å². The molecule has 1 aromatic heterocycles. The third-order valence-corrected chi connectivity index (χ3v) is 5.71. The van der Waals surface area contributed by atoms with Crippen LogP contribution in [0.1, 0.15) is 22.5 Å². The molecule has 0 atom stereocenters. The van der Waals surface area contributed by atoms with Crippen molar-refractivity contribution in [2.24, 2.45) is 10.2 Å². The molecule has 0 unspecified atom stereocenters. The predicted octanol–water partition coefficient (Wildman–Crippen LogP) is 2.44. The van der Waals surface area contributed by atoms with E-state index < -0.39 is 10.0 Å². The lowest BCUT2D eigenvalue weighted by atomic mass is 10.1. The van der Waals surface area contributed by atoms with Gasteiger partial charge in [0.1, 0.15) is 5.75 Å². The number of nitrogens with two attached hydrogens (primary N) is 1. The maximum absolute atomic E-state index is 12.2. The Morgan fingerprint density at radius 1 is 1.16 bits per heavy atom. The zero-order valence-electron chi connectivity index (χ0n) is 17.5. The monoisotopic (exact) mass is 440 g/mol. The smallest absolute Gasteiger partial charge is 0.244 e. The molecule has 3 aromatic rings. The highest BCUT2D eigenvalue weighted by atomic mass is 32.2. The molecule has 162 valence electrons. The van der Waals surface area contributed by atoms with Crippen LogP contribution in [0.15, 0.2) is 64.6 Å². The first-order valence-corrected chi connectivity index (χ1v) is 11.0. The molecular weight excluding hydrogens is 416 g/mol. The van der Waals surface area contributed by atoms with Crippen LogP contribution in [0.25, 0.3) is 5.69 Å². The molecule has 0 fully saturated rings. The molecule has 8 nitrogen and oxygen atoms in total. The minimum absolute atomic E-state index is 0.0549. The van der Waals surface area contributed by atoms with Crippen molar-refractivity contribution < 1.29 is 17.9 Å². The number of nitrogens with one attached hydrogen (secondary N) is 1. The van der Waals surface area contributed by atoms with E-state index >= 15 is 0 Å². The highest BCUT2D eigenvalue weighted by Gasteiger charge is 2.12. The number of ether oxygens (including phenoxy) is 1. The van der Waals surface area contributed by atoms with Crippen molar-refractivity contribution in [1.82, 2.24) is 9.99 Å². The topological polar surface area (TPSA) is 116 Å². The Kier molecular flexibility index (Phi) is 6.57. The van der Waals surface area contributed by atoms with E-state index in [0.717, 1.165) is 28.2 Å². The first-order chi connectivity index (χ1) is 14.7. The predicted molar refractivity (Wildman–Crippen MR) is 119 cm³/mol.